The molecule has 0 atom stereocenters. The van der Waals surface area contributed by atoms with E-state index in [1.165, 1.54) is 11.0 Å². The third kappa shape index (κ3) is 4.02. The van der Waals surface area contributed by atoms with Gasteiger partial charge in [0.05, 0.1) is 12.8 Å². The molecule has 1 aliphatic rings. The van der Waals surface area contributed by atoms with Gasteiger partial charge in [-0.3, -0.25) is 19.8 Å². The summed E-state index contributed by atoms with van der Waals surface area (Å²) in [6.07, 6.45) is 4.98. The van der Waals surface area contributed by atoms with Gasteiger partial charge in [-0.2, -0.15) is 0 Å². The van der Waals surface area contributed by atoms with E-state index in [2.05, 4.69) is 5.32 Å². The van der Waals surface area contributed by atoms with Crippen LogP contribution in [-0.2, 0) is 9.59 Å². The first-order valence-corrected chi connectivity index (χ1v) is 9.11. The van der Waals surface area contributed by atoms with Crippen LogP contribution in [-0.4, -0.2) is 24.0 Å². The number of ether oxygens (including phenoxy) is 1. The zero-order chi connectivity index (χ0) is 20.3. The van der Waals surface area contributed by atoms with E-state index < -0.39 is 11.8 Å². The highest BCUT2D eigenvalue weighted by Crippen LogP contribution is 2.25. The van der Waals surface area contributed by atoms with Crippen molar-refractivity contribution >= 4 is 40.9 Å². The maximum atomic E-state index is 13.0. The van der Waals surface area contributed by atoms with Gasteiger partial charge in [-0.05, 0) is 67.0 Å². The van der Waals surface area contributed by atoms with Gasteiger partial charge < -0.3 is 4.74 Å². The third-order valence-corrected chi connectivity index (χ3v) is 4.66. The second-order valence-electron chi connectivity index (χ2n) is 6.40. The van der Waals surface area contributed by atoms with Crippen LogP contribution in [0.15, 0.2) is 60.2 Å². The molecule has 0 saturated carbocycles. The normalized spacial score (nSPS) is 16.0. The molecular formula is C22H20N2O3S. The number of carbonyl (C=O) groups excluding carboxylic acids is 2. The van der Waals surface area contributed by atoms with Gasteiger partial charge in [0.1, 0.15) is 11.3 Å². The van der Waals surface area contributed by atoms with Crippen molar-refractivity contribution in [3.05, 3.63) is 76.9 Å². The topological polar surface area (TPSA) is 58.6 Å². The molecular weight excluding hydrogens is 372 g/mol. The van der Waals surface area contributed by atoms with E-state index in [-0.39, 0.29) is 10.7 Å². The maximum Gasteiger partial charge on any atom is 0.270 e. The summed E-state index contributed by atoms with van der Waals surface area (Å²) in [5, 5.41) is 2.68. The lowest BCUT2D eigenvalue weighted by Gasteiger charge is -2.30. The molecule has 2 aromatic rings. The first kappa shape index (κ1) is 19.5. The first-order valence-electron chi connectivity index (χ1n) is 8.70. The van der Waals surface area contributed by atoms with E-state index in [0.29, 0.717) is 5.69 Å². The quantitative estimate of drug-likeness (QED) is 0.490. The van der Waals surface area contributed by atoms with Gasteiger partial charge in [-0.1, -0.05) is 36.4 Å². The summed E-state index contributed by atoms with van der Waals surface area (Å²) in [5.41, 5.74) is 3.51. The lowest BCUT2D eigenvalue weighted by atomic mass is 10.1. The molecule has 1 fully saturated rings. The van der Waals surface area contributed by atoms with Gasteiger partial charge in [0.2, 0.25) is 0 Å². The number of benzene rings is 2. The molecule has 0 radical (unpaired) electrons. The molecule has 142 valence electrons. The predicted molar refractivity (Wildman–Crippen MR) is 114 cm³/mol. The number of hydrogen-bond acceptors (Lipinski definition) is 4. The molecule has 0 aromatic heterocycles. The number of allylic oxidation sites excluding steroid dienone is 2. The third-order valence-electron chi connectivity index (χ3n) is 4.37. The molecule has 1 heterocycles. The van der Waals surface area contributed by atoms with Crippen molar-refractivity contribution in [1.82, 2.24) is 5.32 Å². The molecule has 1 saturated heterocycles. The highest BCUT2D eigenvalue weighted by Gasteiger charge is 2.34. The Balaban J connectivity index is 1.89. The smallest absolute Gasteiger partial charge is 0.270 e. The second kappa shape index (κ2) is 8.19. The van der Waals surface area contributed by atoms with E-state index in [0.717, 1.165) is 22.4 Å². The summed E-state index contributed by atoms with van der Waals surface area (Å²) in [6.45, 7) is 3.83. The summed E-state index contributed by atoms with van der Waals surface area (Å²) in [6, 6.07) is 13.2. The predicted octanol–water partition coefficient (Wildman–Crippen LogP) is 3.70. The minimum absolute atomic E-state index is 0.0271. The molecule has 0 spiro atoms. The molecule has 6 heteroatoms. The van der Waals surface area contributed by atoms with E-state index in [1.807, 2.05) is 62.4 Å². The highest BCUT2D eigenvalue weighted by molar-refractivity contribution is 7.80. The molecule has 2 aromatic carbocycles. The zero-order valence-corrected chi connectivity index (χ0v) is 16.7. The Hall–Kier alpha value is -3.25. The Morgan fingerprint density at radius 1 is 1.07 bits per heavy atom. The number of nitrogens with one attached hydrogen (secondary N) is 1. The standard InChI is InChI=1S/C22H20N2O3S/c1-14-7-8-15(2)19(13-14)24-21(26)18(20(25)23-22(24)28)6-4-5-16-9-11-17(27-3)12-10-16/h4-13H,1-3H3,(H,23,25,28)/b5-4+,18-6+. The fourth-order valence-electron chi connectivity index (χ4n) is 2.83. The Bertz CT molecular complexity index is 1010. The average Bonchev–Trinajstić information content (AvgIpc) is 2.67. The summed E-state index contributed by atoms with van der Waals surface area (Å²) >= 11 is 5.25. The number of thiocarbonyl (C=S) groups is 1. The average molecular weight is 392 g/mol. The van der Waals surface area contributed by atoms with Crippen molar-refractivity contribution in [2.45, 2.75) is 13.8 Å². The van der Waals surface area contributed by atoms with Crippen LogP contribution < -0.4 is 15.0 Å². The van der Waals surface area contributed by atoms with Gasteiger partial charge in [0.25, 0.3) is 11.8 Å². The summed E-state index contributed by atoms with van der Waals surface area (Å²) in [5.74, 6) is -0.187. The van der Waals surface area contributed by atoms with Crippen LogP contribution >= 0.6 is 12.2 Å². The largest absolute Gasteiger partial charge is 0.497 e. The number of carbonyl (C=O) groups is 2. The number of hydrogen-bond donors (Lipinski definition) is 1. The van der Waals surface area contributed by atoms with Crippen LogP contribution in [0.5, 0.6) is 5.75 Å². The van der Waals surface area contributed by atoms with E-state index in [1.54, 1.807) is 13.2 Å². The number of nitrogens with zero attached hydrogens (tertiary/aromatic N) is 1. The molecule has 5 nitrogen and oxygen atoms in total. The minimum Gasteiger partial charge on any atom is -0.497 e. The van der Waals surface area contributed by atoms with Gasteiger partial charge >= 0.3 is 0 Å². The molecule has 0 bridgehead atoms. The number of anilines is 1. The summed E-state index contributed by atoms with van der Waals surface area (Å²) < 4.78 is 5.13. The number of amides is 2. The Morgan fingerprint density at radius 3 is 2.46 bits per heavy atom. The van der Waals surface area contributed by atoms with Crippen LogP contribution in [0.4, 0.5) is 5.69 Å². The van der Waals surface area contributed by atoms with Gasteiger partial charge in [0.15, 0.2) is 5.11 Å². The number of methoxy groups -OCH3 is 1. The Kier molecular flexibility index (Phi) is 5.70. The fourth-order valence-corrected chi connectivity index (χ4v) is 3.10. The van der Waals surface area contributed by atoms with Crippen molar-refractivity contribution in [2.24, 2.45) is 0 Å². The highest BCUT2D eigenvalue weighted by atomic mass is 32.1. The van der Waals surface area contributed by atoms with Crippen molar-refractivity contribution < 1.29 is 14.3 Å². The lowest BCUT2D eigenvalue weighted by Crippen LogP contribution is -2.54. The second-order valence-corrected chi connectivity index (χ2v) is 6.79. The van der Waals surface area contributed by atoms with Crippen LogP contribution in [0.1, 0.15) is 16.7 Å². The molecule has 0 unspecified atom stereocenters. The van der Waals surface area contributed by atoms with E-state index in [4.69, 9.17) is 17.0 Å². The van der Waals surface area contributed by atoms with Gasteiger partial charge in [0, 0.05) is 0 Å². The zero-order valence-electron chi connectivity index (χ0n) is 15.9. The Morgan fingerprint density at radius 2 is 1.79 bits per heavy atom. The van der Waals surface area contributed by atoms with Crippen molar-refractivity contribution in [1.29, 1.82) is 0 Å². The molecule has 0 aliphatic carbocycles. The summed E-state index contributed by atoms with van der Waals surface area (Å²) in [4.78, 5) is 26.7. The maximum absolute atomic E-state index is 13.0. The molecule has 1 N–H and O–H groups in total. The fraction of sp³-hybridized carbons (Fsp3) is 0.136. The van der Waals surface area contributed by atoms with Crippen molar-refractivity contribution in [2.75, 3.05) is 12.0 Å². The van der Waals surface area contributed by atoms with Crippen LogP contribution in [0.25, 0.3) is 6.08 Å². The van der Waals surface area contributed by atoms with E-state index in [9.17, 15) is 9.59 Å². The molecule has 2 amide bonds. The van der Waals surface area contributed by atoms with Crippen molar-refractivity contribution in [3.8, 4) is 5.75 Å². The number of aryl methyl sites for hydroxylation is 2. The minimum atomic E-state index is -0.504. The van der Waals surface area contributed by atoms with Crippen LogP contribution in [0, 0.1) is 13.8 Å². The van der Waals surface area contributed by atoms with Gasteiger partial charge in [-0.15, -0.1) is 0 Å². The SMILES string of the molecule is COc1ccc(/C=C/C=C2\C(=O)NC(=S)N(c3cc(C)ccc3C)C2=O)cc1. The first-order chi connectivity index (χ1) is 13.4. The van der Waals surface area contributed by atoms with Gasteiger partial charge in [-0.25, -0.2) is 0 Å². The van der Waals surface area contributed by atoms with Crippen molar-refractivity contribution in [3.63, 3.8) is 0 Å². The monoisotopic (exact) mass is 392 g/mol. The Labute approximate surface area is 169 Å². The van der Waals surface area contributed by atoms with E-state index >= 15 is 0 Å². The lowest BCUT2D eigenvalue weighted by molar-refractivity contribution is -0.122. The summed E-state index contributed by atoms with van der Waals surface area (Å²) in [7, 11) is 1.61. The molecule has 1 aliphatic heterocycles. The molecule has 3 rings (SSSR count). The van der Waals surface area contributed by atoms with Crippen LogP contribution in [0.2, 0.25) is 0 Å². The number of rotatable bonds is 4. The molecule has 28 heavy (non-hydrogen) atoms. The van der Waals surface area contributed by atoms with Crippen LogP contribution in [0.3, 0.4) is 0 Å².